The maximum Gasteiger partial charge on any atom is 0.168 e. The quantitative estimate of drug-likeness (QED) is 0.632. The van der Waals surface area contributed by atoms with E-state index in [4.69, 9.17) is 10.6 Å². The molecule has 0 aliphatic rings. The van der Waals surface area contributed by atoms with Crippen LogP contribution in [0.25, 0.3) is 0 Å². The normalized spacial score (nSPS) is 12.4. The number of aryl methyl sites for hydroxylation is 2. The molecular formula is C15H21FN4O. The number of hydrogen-bond donors (Lipinski definition) is 2. The summed E-state index contributed by atoms with van der Waals surface area (Å²) in [7, 11) is 1.45. The van der Waals surface area contributed by atoms with Crippen LogP contribution >= 0.6 is 0 Å². The third kappa shape index (κ3) is 3.22. The summed E-state index contributed by atoms with van der Waals surface area (Å²) in [5.74, 6) is 5.55. The highest BCUT2D eigenvalue weighted by Gasteiger charge is 2.19. The van der Waals surface area contributed by atoms with Crippen LogP contribution in [0.4, 0.5) is 4.39 Å². The van der Waals surface area contributed by atoms with E-state index >= 15 is 0 Å². The summed E-state index contributed by atoms with van der Waals surface area (Å²) < 4.78 is 21.1. The molecule has 3 N–H and O–H groups in total. The summed E-state index contributed by atoms with van der Waals surface area (Å²) in [5.41, 5.74) is 5.16. The van der Waals surface area contributed by atoms with E-state index in [1.54, 1.807) is 18.2 Å². The summed E-state index contributed by atoms with van der Waals surface area (Å²) in [6, 6.07) is 6.86. The van der Waals surface area contributed by atoms with Gasteiger partial charge < -0.3 is 4.74 Å². The van der Waals surface area contributed by atoms with Gasteiger partial charge in [-0.05, 0) is 38.0 Å². The molecule has 114 valence electrons. The molecule has 0 spiro atoms. The zero-order valence-corrected chi connectivity index (χ0v) is 12.6. The van der Waals surface area contributed by atoms with Crippen LogP contribution < -0.4 is 16.0 Å². The third-order valence-corrected chi connectivity index (χ3v) is 3.48. The van der Waals surface area contributed by atoms with Gasteiger partial charge in [0, 0.05) is 6.54 Å². The Hall–Kier alpha value is -1.92. The second-order valence-corrected chi connectivity index (χ2v) is 4.88. The lowest BCUT2D eigenvalue weighted by atomic mass is 10.0. The van der Waals surface area contributed by atoms with Crippen molar-refractivity contribution in [3.63, 3.8) is 0 Å². The number of hydrazine groups is 1. The standard InChI is InChI=1S/C15H21FN4O/c1-4-20-13(8-10(2)19-20)12(18-17)9-11-6-5-7-14(21-3)15(11)16/h5-8,12,18H,4,9,17H2,1-3H3. The lowest BCUT2D eigenvalue weighted by molar-refractivity contribution is 0.382. The molecule has 0 bridgehead atoms. The van der Waals surface area contributed by atoms with Crippen molar-refractivity contribution in [2.75, 3.05) is 7.11 Å². The van der Waals surface area contributed by atoms with Crippen molar-refractivity contribution >= 4 is 0 Å². The minimum atomic E-state index is -0.348. The van der Waals surface area contributed by atoms with Gasteiger partial charge in [-0.2, -0.15) is 5.10 Å². The number of nitrogens with one attached hydrogen (secondary N) is 1. The van der Waals surface area contributed by atoms with Gasteiger partial charge in [-0.15, -0.1) is 0 Å². The van der Waals surface area contributed by atoms with Crippen molar-refractivity contribution in [1.29, 1.82) is 0 Å². The number of aromatic nitrogens is 2. The molecule has 2 rings (SSSR count). The van der Waals surface area contributed by atoms with E-state index in [0.29, 0.717) is 12.0 Å². The number of benzene rings is 1. The van der Waals surface area contributed by atoms with Gasteiger partial charge in [0.2, 0.25) is 0 Å². The van der Waals surface area contributed by atoms with E-state index in [9.17, 15) is 4.39 Å². The number of rotatable bonds is 6. The molecule has 1 aromatic heterocycles. The first-order chi connectivity index (χ1) is 10.1. The zero-order valence-electron chi connectivity index (χ0n) is 12.6. The lowest BCUT2D eigenvalue weighted by Gasteiger charge is -2.18. The van der Waals surface area contributed by atoms with Crippen molar-refractivity contribution in [2.45, 2.75) is 32.9 Å². The second kappa shape index (κ2) is 6.69. The SMILES string of the molecule is CCn1nc(C)cc1C(Cc1cccc(OC)c1F)NN. The molecule has 6 heteroatoms. The summed E-state index contributed by atoms with van der Waals surface area (Å²) in [6.45, 7) is 4.67. The van der Waals surface area contributed by atoms with Gasteiger partial charge in [0.05, 0.1) is 24.5 Å². The molecule has 1 atom stereocenters. The zero-order chi connectivity index (χ0) is 15.4. The summed E-state index contributed by atoms with van der Waals surface area (Å²) in [6.07, 6.45) is 0.421. The van der Waals surface area contributed by atoms with Crippen LogP contribution in [-0.2, 0) is 13.0 Å². The van der Waals surface area contributed by atoms with Gasteiger partial charge in [-0.25, -0.2) is 4.39 Å². The van der Waals surface area contributed by atoms with Crippen molar-refractivity contribution in [2.24, 2.45) is 5.84 Å². The van der Waals surface area contributed by atoms with Gasteiger partial charge in [0.15, 0.2) is 11.6 Å². The predicted octanol–water partition coefficient (Wildman–Crippen LogP) is 2.11. The number of ether oxygens (including phenoxy) is 1. The molecule has 5 nitrogen and oxygen atoms in total. The predicted molar refractivity (Wildman–Crippen MR) is 79.4 cm³/mol. The Kier molecular flexibility index (Phi) is 4.93. The Morgan fingerprint density at radius 2 is 2.24 bits per heavy atom. The van der Waals surface area contributed by atoms with E-state index < -0.39 is 0 Å². The van der Waals surface area contributed by atoms with Crippen LogP contribution in [0.1, 0.15) is 29.9 Å². The van der Waals surface area contributed by atoms with Crippen molar-refractivity contribution in [3.8, 4) is 5.75 Å². The largest absolute Gasteiger partial charge is 0.494 e. The monoisotopic (exact) mass is 292 g/mol. The van der Waals surface area contributed by atoms with E-state index in [0.717, 1.165) is 17.9 Å². The minimum Gasteiger partial charge on any atom is -0.494 e. The molecule has 0 saturated carbocycles. The van der Waals surface area contributed by atoms with Crippen LogP contribution in [0.15, 0.2) is 24.3 Å². The molecule has 0 fully saturated rings. The van der Waals surface area contributed by atoms with Gasteiger partial charge in [0.25, 0.3) is 0 Å². The van der Waals surface area contributed by atoms with E-state index in [-0.39, 0.29) is 17.6 Å². The van der Waals surface area contributed by atoms with E-state index in [1.165, 1.54) is 7.11 Å². The first-order valence-corrected chi connectivity index (χ1v) is 6.92. The number of nitrogens with two attached hydrogens (primary N) is 1. The lowest BCUT2D eigenvalue weighted by Crippen LogP contribution is -2.31. The van der Waals surface area contributed by atoms with Gasteiger partial charge in [0.1, 0.15) is 0 Å². The number of nitrogens with zero attached hydrogens (tertiary/aromatic N) is 2. The Bertz CT molecular complexity index is 612. The Morgan fingerprint density at radius 3 is 2.86 bits per heavy atom. The Labute approximate surface area is 123 Å². The van der Waals surface area contributed by atoms with Crippen LogP contribution in [0, 0.1) is 12.7 Å². The molecule has 1 unspecified atom stereocenters. The molecule has 0 aliphatic heterocycles. The van der Waals surface area contributed by atoms with Gasteiger partial charge >= 0.3 is 0 Å². The summed E-state index contributed by atoms with van der Waals surface area (Å²) in [4.78, 5) is 0. The smallest absolute Gasteiger partial charge is 0.168 e. The molecule has 2 aromatic rings. The minimum absolute atomic E-state index is 0.215. The van der Waals surface area contributed by atoms with E-state index in [2.05, 4.69) is 10.5 Å². The van der Waals surface area contributed by atoms with Crippen LogP contribution in [0.5, 0.6) is 5.75 Å². The van der Waals surface area contributed by atoms with Gasteiger partial charge in [-0.3, -0.25) is 16.0 Å². The van der Waals surface area contributed by atoms with Crippen molar-refractivity contribution in [3.05, 3.63) is 47.0 Å². The van der Waals surface area contributed by atoms with Crippen LogP contribution in [-0.4, -0.2) is 16.9 Å². The molecule has 0 radical (unpaired) electrons. The number of methoxy groups -OCH3 is 1. The Morgan fingerprint density at radius 1 is 1.48 bits per heavy atom. The first kappa shape index (κ1) is 15.5. The van der Waals surface area contributed by atoms with Crippen LogP contribution in [0.3, 0.4) is 0 Å². The highest BCUT2D eigenvalue weighted by Crippen LogP contribution is 2.25. The molecular weight excluding hydrogens is 271 g/mol. The molecule has 1 heterocycles. The Balaban J connectivity index is 2.31. The fourth-order valence-electron chi connectivity index (χ4n) is 2.44. The molecule has 0 aliphatic carbocycles. The second-order valence-electron chi connectivity index (χ2n) is 4.88. The summed E-state index contributed by atoms with van der Waals surface area (Å²) in [5, 5.41) is 4.40. The van der Waals surface area contributed by atoms with Crippen molar-refractivity contribution in [1.82, 2.24) is 15.2 Å². The van der Waals surface area contributed by atoms with E-state index in [1.807, 2.05) is 24.6 Å². The molecule has 21 heavy (non-hydrogen) atoms. The third-order valence-electron chi connectivity index (χ3n) is 3.48. The highest BCUT2D eigenvalue weighted by molar-refractivity contribution is 5.32. The molecule has 0 saturated heterocycles. The summed E-state index contributed by atoms with van der Waals surface area (Å²) >= 11 is 0. The topological polar surface area (TPSA) is 65.1 Å². The van der Waals surface area contributed by atoms with Crippen LogP contribution in [0.2, 0.25) is 0 Å². The van der Waals surface area contributed by atoms with Gasteiger partial charge in [-0.1, -0.05) is 12.1 Å². The maximum absolute atomic E-state index is 14.3. The molecule has 1 aromatic carbocycles. The molecule has 0 amide bonds. The first-order valence-electron chi connectivity index (χ1n) is 6.92. The number of hydrogen-bond acceptors (Lipinski definition) is 4. The fraction of sp³-hybridized carbons (Fsp3) is 0.400. The van der Waals surface area contributed by atoms with Crippen molar-refractivity contribution < 1.29 is 9.13 Å². The highest BCUT2D eigenvalue weighted by atomic mass is 19.1. The maximum atomic E-state index is 14.3. The fourth-order valence-corrected chi connectivity index (χ4v) is 2.44. The number of halogens is 1. The average Bonchev–Trinajstić information content (AvgIpc) is 2.87. The average molecular weight is 292 g/mol.